The average Bonchev–Trinajstić information content (AvgIpc) is 3.30. The van der Waals surface area contributed by atoms with Gasteiger partial charge in [0.05, 0.1) is 13.2 Å². The summed E-state index contributed by atoms with van der Waals surface area (Å²) in [6, 6.07) is 0. The van der Waals surface area contributed by atoms with E-state index in [0.717, 1.165) is 116 Å². The predicted octanol–water partition coefficient (Wildman–Crippen LogP) is 15.5. The van der Waals surface area contributed by atoms with Gasteiger partial charge in [-0.15, -0.1) is 0 Å². The van der Waals surface area contributed by atoms with Crippen LogP contribution in [0.1, 0.15) is 194 Å². The van der Waals surface area contributed by atoms with Gasteiger partial charge in [0.25, 0.3) is 0 Å². The minimum Gasteiger partial charge on any atom is -0.462 e. The Kier molecular flexibility index (Phi) is 47.5. The lowest BCUT2D eigenvalue weighted by Gasteiger charge is -2.19. The molecule has 0 spiro atoms. The van der Waals surface area contributed by atoms with Crippen molar-refractivity contribution in [3.8, 4) is 0 Å². The molecule has 0 aliphatic rings. The number of hydrogen-bond acceptors (Lipinski definition) is 8. The lowest BCUT2D eigenvalue weighted by molar-refractivity contribution is -0.161. The van der Waals surface area contributed by atoms with Gasteiger partial charge in [-0.05, 0) is 83.5 Å². The molecule has 0 rings (SSSR count). The fourth-order valence-electron chi connectivity index (χ4n) is 6.45. The normalized spacial score (nSPS) is 14.1. The molecule has 2 atom stereocenters. The average molecular weight is 926 g/mol. The molecule has 3 N–H and O–H groups in total. The minimum absolute atomic E-state index is 0.0492. The number of esters is 2. The van der Waals surface area contributed by atoms with E-state index in [0.29, 0.717) is 6.42 Å². The van der Waals surface area contributed by atoms with Crippen LogP contribution in [-0.4, -0.2) is 49.3 Å². The largest absolute Gasteiger partial charge is 0.472 e. The monoisotopic (exact) mass is 926 g/mol. The Balaban J connectivity index is 3.84. The number of nitrogens with two attached hydrogens (primary N) is 1. The highest BCUT2D eigenvalue weighted by Gasteiger charge is 2.26. The van der Waals surface area contributed by atoms with E-state index in [4.69, 9.17) is 24.3 Å². The molecule has 10 heteroatoms. The molecule has 0 bridgehead atoms. The van der Waals surface area contributed by atoms with Crippen molar-refractivity contribution in [2.45, 2.75) is 200 Å². The van der Waals surface area contributed by atoms with E-state index in [2.05, 4.69) is 123 Å². The first-order valence-electron chi connectivity index (χ1n) is 25.4. The number of unbranched alkanes of at least 4 members (excludes halogenated alkanes) is 15. The number of hydrogen-bond donors (Lipinski definition) is 2. The lowest BCUT2D eigenvalue weighted by Crippen LogP contribution is -2.29. The molecule has 0 heterocycles. The molecule has 0 aromatic carbocycles. The van der Waals surface area contributed by atoms with Gasteiger partial charge in [-0.25, -0.2) is 4.57 Å². The molecule has 0 amide bonds. The molecule has 0 saturated heterocycles. The Morgan fingerprint density at radius 1 is 0.477 bits per heavy atom. The Bertz CT molecular complexity index is 1430. The van der Waals surface area contributed by atoms with Crippen LogP contribution < -0.4 is 5.73 Å². The number of carbonyl (C=O) groups is 2. The van der Waals surface area contributed by atoms with Crippen LogP contribution in [0, 0.1) is 0 Å². The van der Waals surface area contributed by atoms with Crippen LogP contribution in [0.4, 0.5) is 0 Å². The maximum absolute atomic E-state index is 12.5. The summed E-state index contributed by atoms with van der Waals surface area (Å²) in [4.78, 5) is 34.6. The summed E-state index contributed by atoms with van der Waals surface area (Å²) in [6.07, 6.45) is 67.7. The first kappa shape index (κ1) is 61.7. The molecular weight excluding hydrogens is 834 g/mol. The van der Waals surface area contributed by atoms with Gasteiger partial charge >= 0.3 is 19.8 Å². The van der Waals surface area contributed by atoms with Crippen molar-refractivity contribution in [2.75, 3.05) is 26.4 Å². The molecule has 370 valence electrons. The van der Waals surface area contributed by atoms with Crippen LogP contribution in [0.2, 0.25) is 0 Å². The number of ether oxygens (including phenoxy) is 2. The molecule has 0 saturated carbocycles. The van der Waals surface area contributed by atoms with Crippen LogP contribution in [0.25, 0.3) is 0 Å². The van der Waals surface area contributed by atoms with Crippen molar-refractivity contribution >= 4 is 19.8 Å². The van der Waals surface area contributed by atoms with Crippen molar-refractivity contribution in [1.82, 2.24) is 0 Å². The third-order valence-electron chi connectivity index (χ3n) is 10.2. The first-order chi connectivity index (χ1) is 31.8. The number of allylic oxidation sites excluding steroid dienone is 18. The van der Waals surface area contributed by atoms with Crippen molar-refractivity contribution in [2.24, 2.45) is 5.73 Å². The molecule has 9 nitrogen and oxygen atoms in total. The van der Waals surface area contributed by atoms with Gasteiger partial charge in [0.15, 0.2) is 6.10 Å². The highest BCUT2D eigenvalue weighted by Crippen LogP contribution is 2.43. The zero-order valence-electron chi connectivity index (χ0n) is 40.9. The van der Waals surface area contributed by atoms with Crippen molar-refractivity contribution < 1.29 is 37.6 Å². The van der Waals surface area contributed by atoms with Crippen molar-refractivity contribution in [1.29, 1.82) is 0 Å². The van der Waals surface area contributed by atoms with Gasteiger partial charge in [-0.3, -0.25) is 18.6 Å². The predicted molar refractivity (Wildman–Crippen MR) is 275 cm³/mol. The second-order valence-electron chi connectivity index (χ2n) is 16.3. The van der Waals surface area contributed by atoms with Gasteiger partial charge < -0.3 is 20.1 Å². The molecule has 65 heavy (non-hydrogen) atoms. The topological polar surface area (TPSA) is 134 Å². The van der Waals surface area contributed by atoms with Crippen molar-refractivity contribution in [3.05, 3.63) is 109 Å². The molecule has 0 aliphatic carbocycles. The second-order valence-corrected chi connectivity index (χ2v) is 17.8. The summed E-state index contributed by atoms with van der Waals surface area (Å²) in [5, 5.41) is 0. The quantitative estimate of drug-likeness (QED) is 0.0265. The Morgan fingerprint density at radius 2 is 0.846 bits per heavy atom. The molecule has 0 fully saturated rings. The SMILES string of the molecule is CC/C=C\C/C=C\C/C=C\C/C=C\C/C=C\C/C=C\C/C=C\C/C=C\C/C=C\CCCCCCCCCCCCCC(=O)OC(COC(=O)CCCCCCC)COP(=O)(O)OCCN. The lowest BCUT2D eigenvalue weighted by atomic mass is 10.0. The van der Waals surface area contributed by atoms with E-state index >= 15 is 0 Å². The van der Waals surface area contributed by atoms with Crippen LogP contribution in [0.3, 0.4) is 0 Å². The van der Waals surface area contributed by atoms with E-state index in [1.54, 1.807) is 0 Å². The standard InChI is InChI=1S/C55H92NO8P/c1-3-5-7-9-10-11-12-13-14-15-16-17-18-19-20-21-22-23-24-25-26-27-28-29-30-31-32-33-34-35-36-37-38-39-40-41-42-44-46-48-55(58)64-53(52-63-65(59,60)62-50-49-56)51-61-54(57)47-45-43-8-6-4-2/h5,7,10-11,13-14,16-17,19-20,22-23,25-26,28-29,31-32,53H,3-4,6,8-9,12,15,18,21,24,27,30,33-52,56H2,1-2H3,(H,59,60)/b7-5-,11-10-,14-13-,17-16-,20-19-,23-22-,26-25-,29-28-,32-31-. The van der Waals surface area contributed by atoms with Gasteiger partial charge in [-0.1, -0.05) is 207 Å². The number of phosphoric acid groups is 1. The van der Waals surface area contributed by atoms with E-state index in [1.807, 2.05) is 0 Å². The highest BCUT2D eigenvalue weighted by atomic mass is 31.2. The number of rotatable bonds is 46. The first-order valence-corrected chi connectivity index (χ1v) is 26.9. The van der Waals surface area contributed by atoms with Gasteiger partial charge in [0.2, 0.25) is 0 Å². The summed E-state index contributed by atoms with van der Waals surface area (Å²) in [5.41, 5.74) is 5.33. The maximum Gasteiger partial charge on any atom is 0.472 e. The molecule has 0 aliphatic heterocycles. The molecular formula is C55H92NO8P. The highest BCUT2D eigenvalue weighted by molar-refractivity contribution is 7.47. The maximum atomic E-state index is 12.5. The van der Waals surface area contributed by atoms with Gasteiger partial charge in [0.1, 0.15) is 6.61 Å². The number of carbonyl (C=O) groups excluding carboxylic acids is 2. The summed E-state index contributed by atoms with van der Waals surface area (Å²) in [6.45, 7) is 3.50. The third kappa shape index (κ3) is 49.9. The van der Waals surface area contributed by atoms with Gasteiger partial charge in [0, 0.05) is 19.4 Å². The fourth-order valence-corrected chi connectivity index (χ4v) is 7.22. The Hall–Kier alpha value is -3.33. The van der Waals surface area contributed by atoms with Crippen LogP contribution in [0.5, 0.6) is 0 Å². The summed E-state index contributed by atoms with van der Waals surface area (Å²) in [7, 11) is -4.37. The van der Waals surface area contributed by atoms with Crippen LogP contribution >= 0.6 is 7.82 Å². The summed E-state index contributed by atoms with van der Waals surface area (Å²) >= 11 is 0. The number of phosphoric ester groups is 1. The fraction of sp³-hybridized carbons (Fsp3) is 0.636. The van der Waals surface area contributed by atoms with Crippen LogP contribution in [0.15, 0.2) is 109 Å². The van der Waals surface area contributed by atoms with Gasteiger partial charge in [-0.2, -0.15) is 0 Å². The second kappa shape index (κ2) is 50.1. The smallest absolute Gasteiger partial charge is 0.462 e. The summed E-state index contributed by atoms with van der Waals surface area (Å²) in [5.74, 6) is -0.852. The minimum atomic E-state index is -4.37. The Morgan fingerprint density at radius 3 is 1.26 bits per heavy atom. The van der Waals surface area contributed by atoms with Crippen LogP contribution in [-0.2, 0) is 32.7 Å². The zero-order valence-corrected chi connectivity index (χ0v) is 41.8. The molecule has 0 aromatic rings. The van der Waals surface area contributed by atoms with E-state index in [-0.39, 0.29) is 32.6 Å². The molecule has 0 aromatic heterocycles. The zero-order chi connectivity index (χ0) is 47.4. The molecule has 0 radical (unpaired) electrons. The van der Waals surface area contributed by atoms with E-state index in [1.165, 1.54) is 44.9 Å². The molecule has 2 unspecified atom stereocenters. The Labute approximate surface area is 397 Å². The summed E-state index contributed by atoms with van der Waals surface area (Å²) < 4.78 is 32.6. The van der Waals surface area contributed by atoms with E-state index in [9.17, 15) is 19.0 Å². The third-order valence-corrected chi connectivity index (χ3v) is 11.2. The van der Waals surface area contributed by atoms with E-state index < -0.39 is 32.5 Å². The van der Waals surface area contributed by atoms with Crippen molar-refractivity contribution in [3.63, 3.8) is 0 Å².